The Hall–Kier alpha value is -2.94. The van der Waals surface area contributed by atoms with Crippen molar-refractivity contribution in [3.8, 4) is 11.3 Å². The number of carbonyl (C=O) groups is 2. The van der Waals surface area contributed by atoms with Gasteiger partial charge in [-0.15, -0.1) is 0 Å². The van der Waals surface area contributed by atoms with E-state index in [1.165, 1.54) is 29.5 Å². The molecule has 0 atom stereocenters. The van der Waals surface area contributed by atoms with Gasteiger partial charge in [-0.2, -0.15) is 13.2 Å². The molecule has 0 bridgehead atoms. The van der Waals surface area contributed by atoms with Crippen LogP contribution in [-0.2, 0) is 20.4 Å². The Morgan fingerprint density at radius 3 is 2.26 bits per heavy atom. The minimum atomic E-state index is -4.64. The van der Waals surface area contributed by atoms with Gasteiger partial charge in [0, 0.05) is 31.2 Å². The number of anilines is 1. The number of nitrogens with zero attached hydrogens (tertiary/aromatic N) is 2. The molecule has 2 N–H and O–H groups in total. The van der Waals surface area contributed by atoms with E-state index in [2.05, 4.69) is 74.3 Å². The number of carbonyl (C=O) groups excluding carboxylic acids is 1. The second-order valence-corrected chi connectivity index (χ2v) is 11.4. The number of carboxylic acids is 1. The molecule has 6 nitrogen and oxygen atoms in total. The van der Waals surface area contributed by atoms with E-state index < -0.39 is 18.4 Å². The zero-order valence-corrected chi connectivity index (χ0v) is 22.6. The van der Waals surface area contributed by atoms with Crippen LogP contribution in [0.2, 0.25) is 0 Å². The highest BCUT2D eigenvalue weighted by atomic mass is 19.4. The van der Waals surface area contributed by atoms with Crippen LogP contribution in [-0.4, -0.2) is 54.2 Å². The number of fused-ring (bicyclic) bond motifs is 1. The summed E-state index contributed by atoms with van der Waals surface area (Å²) < 4.78 is 31.2. The number of aldehydes is 1. The van der Waals surface area contributed by atoms with E-state index in [0.29, 0.717) is 12.6 Å². The molecule has 0 saturated carbocycles. The van der Waals surface area contributed by atoms with Crippen LogP contribution >= 0.6 is 0 Å². The van der Waals surface area contributed by atoms with Crippen molar-refractivity contribution in [2.75, 3.05) is 24.5 Å². The maximum atomic E-state index is 10.7. The molecule has 1 saturated heterocycles. The number of nitrogens with one attached hydrogen (secondary N) is 1. The lowest BCUT2D eigenvalue weighted by Gasteiger charge is -2.42. The standard InChI is InChI=1S/C27H37N3O2.C2HF3O/c1-26(2)13-14-27(3,4)22-18-19(8-9-21(22)26)23-6-5-7-24(29-23)30-16-11-20(12-17-30)28-15-10-25(31)32;3-2(4,5)1-6/h5-9,18,20,28H,10-17H2,1-4H3,(H,31,32);1H. The molecule has 0 radical (unpaired) electrons. The summed E-state index contributed by atoms with van der Waals surface area (Å²) in [6, 6.07) is 13.7. The lowest BCUT2D eigenvalue weighted by atomic mass is 9.63. The fourth-order valence-electron chi connectivity index (χ4n) is 5.20. The molecule has 38 heavy (non-hydrogen) atoms. The second-order valence-electron chi connectivity index (χ2n) is 11.4. The molecule has 1 aliphatic heterocycles. The lowest BCUT2D eigenvalue weighted by molar-refractivity contribution is -0.156. The van der Waals surface area contributed by atoms with Crippen molar-refractivity contribution in [2.24, 2.45) is 0 Å². The molecule has 2 aromatic rings. The number of hydrogen-bond donors (Lipinski definition) is 2. The van der Waals surface area contributed by atoms with Gasteiger partial charge in [0.2, 0.25) is 6.29 Å². The zero-order valence-electron chi connectivity index (χ0n) is 22.6. The average Bonchev–Trinajstić information content (AvgIpc) is 2.87. The second kappa shape index (κ2) is 11.8. The Kier molecular flexibility index (Phi) is 9.23. The summed E-state index contributed by atoms with van der Waals surface area (Å²) in [6.07, 6.45) is -1.08. The third kappa shape index (κ3) is 7.79. The highest BCUT2D eigenvalue weighted by Gasteiger charge is 2.37. The number of carboxylic acid groups (broad SMARTS) is 1. The summed E-state index contributed by atoms with van der Waals surface area (Å²) in [5.41, 5.74) is 5.58. The fraction of sp³-hybridized carbons (Fsp3) is 0.552. The first-order chi connectivity index (χ1) is 17.7. The number of halogens is 3. The predicted molar refractivity (Wildman–Crippen MR) is 143 cm³/mol. The van der Waals surface area contributed by atoms with Crippen LogP contribution in [0.25, 0.3) is 11.3 Å². The van der Waals surface area contributed by atoms with Crippen molar-refractivity contribution in [3.63, 3.8) is 0 Å². The van der Waals surface area contributed by atoms with Crippen molar-refractivity contribution >= 4 is 18.1 Å². The van der Waals surface area contributed by atoms with Crippen LogP contribution in [0.3, 0.4) is 0 Å². The van der Waals surface area contributed by atoms with Gasteiger partial charge in [0.1, 0.15) is 5.82 Å². The van der Waals surface area contributed by atoms with Crippen molar-refractivity contribution in [1.29, 1.82) is 0 Å². The smallest absolute Gasteiger partial charge is 0.446 e. The molecule has 0 unspecified atom stereocenters. The molecule has 0 amide bonds. The number of aliphatic carboxylic acids is 1. The van der Waals surface area contributed by atoms with E-state index in [-0.39, 0.29) is 17.3 Å². The van der Waals surface area contributed by atoms with Gasteiger partial charge in [-0.3, -0.25) is 9.59 Å². The summed E-state index contributed by atoms with van der Waals surface area (Å²) >= 11 is 0. The van der Waals surface area contributed by atoms with Gasteiger partial charge < -0.3 is 15.3 Å². The fourth-order valence-corrected chi connectivity index (χ4v) is 5.20. The molecular weight excluding hydrogens is 495 g/mol. The molecule has 9 heteroatoms. The number of alkyl halides is 3. The first-order valence-corrected chi connectivity index (χ1v) is 13.1. The summed E-state index contributed by atoms with van der Waals surface area (Å²) in [5.74, 6) is 0.286. The summed E-state index contributed by atoms with van der Waals surface area (Å²) in [5, 5.41) is 12.2. The van der Waals surface area contributed by atoms with Gasteiger partial charge in [0.05, 0.1) is 12.1 Å². The van der Waals surface area contributed by atoms with Gasteiger partial charge in [-0.1, -0.05) is 45.9 Å². The van der Waals surface area contributed by atoms with Gasteiger partial charge in [0.15, 0.2) is 0 Å². The van der Waals surface area contributed by atoms with Crippen LogP contribution in [0.1, 0.15) is 70.9 Å². The Morgan fingerprint density at radius 2 is 1.68 bits per heavy atom. The van der Waals surface area contributed by atoms with Gasteiger partial charge in [0.25, 0.3) is 0 Å². The topological polar surface area (TPSA) is 82.5 Å². The summed E-state index contributed by atoms with van der Waals surface area (Å²) in [7, 11) is 0. The minimum Gasteiger partial charge on any atom is -0.481 e. The van der Waals surface area contributed by atoms with Crippen molar-refractivity contribution < 1.29 is 27.9 Å². The van der Waals surface area contributed by atoms with Crippen LogP contribution in [0.15, 0.2) is 36.4 Å². The molecule has 1 fully saturated rings. The van der Waals surface area contributed by atoms with Gasteiger partial charge in [-0.25, -0.2) is 4.98 Å². The molecule has 1 aromatic carbocycles. The van der Waals surface area contributed by atoms with Crippen LogP contribution < -0.4 is 10.2 Å². The normalized spacial score (nSPS) is 18.7. The van der Waals surface area contributed by atoms with Crippen molar-refractivity contribution in [2.45, 2.75) is 82.8 Å². The van der Waals surface area contributed by atoms with E-state index >= 15 is 0 Å². The largest absolute Gasteiger partial charge is 0.481 e. The highest BCUT2D eigenvalue weighted by molar-refractivity contribution is 5.67. The SMILES string of the molecule is CC1(C)CCC(C)(C)c2cc(-c3cccc(N4CCC(NCCC(=O)O)CC4)n3)ccc21.O=CC(F)(F)F. The van der Waals surface area contributed by atoms with Crippen LogP contribution in [0.4, 0.5) is 19.0 Å². The zero-order chi connectivity index (χ0) is 28.1. The Labute approximate surface area is 222 Å². The van der Waals surface area contributed by atoms with Gasteiger partial charge in [-0.05, 0) is 65.8 Å². The van der Waals surface area contributed by atoms with Crippen molar-refractivity contribution in [3.05, 3.63) is 47.5 Å². The number of aromatic nitrogens is 1. The molecule has 1 aliphatic carbocycles. The van der Waals surface area contributed by atoms with Crippen molar-refractivity contribution in [1.82, 2.24) is 10.3 Å². The number of rotatable bonds is 6. The monoisotopic (exact) mass is 533 g/mol. The molecule has 4 rings (SSSR count). The van der Waals surface area contributed by atoms with E-state index in [0.717, 1.165) is 37.4 Å². The maximum Gasteiger partial charge on any atom is 0.446 e. The van der Waals surface area contributed by atoms with Crippen LogP contribution in [0.5, 0.6) is 0 Å². The summed E-state index contributed by atoms with van der Waals surface area (Å²) in [6.45, 7) is 11.9. The Morgan fingerprint density at radius 1 is 1.08 bits per heavy atom. The molecule has 2 aliphatic rings. The van der Waals surface area contributed by atoms with E-state index in [1.54, 1.807) is 0 Å². The van der Waals surface area contributed by atoms with E-state index in [1.807, 2.05) is 0 Å². The van der Waals surface area contributed by atoms with E-state index in [4.69, 9.17) is 14.9 Å². The molecule has 0 spiro atoms. The average molecular weight is 534 g/mol. The number of hydrogen-bond acceptors (Lipinski definition) is 5. The summed E-state index contributed by atoms with van der Waals surface area (Å²) in [4.78, 5) is 26.8. The first kappa shape index (κ1) is 29.6. The van der Waals surface area contributed by atoms with Crippen LogP contribution in [0, 0.1) is 0 Å². The Balaban J connectivity index is 0.000000599. The number of pyridine rings is 1. The predicted octanol–water partition coefficient (Wildman–Crippen LogP) is 5.88. The third-order valence-corrected chi connectivity index (χ3v) is 7.61. The Bertz CT molecular complexity index is 1120. The molecular formula is C29H38F3N3O3. The quantitative estimate of drug-likeness (QED) is 0.452. The minimum absolute atomic E-state index is 0.179. The van der Waals surface area contributed by atoms with Gasteiger partial charge >= 0.3 is 12.1 Å². The molecule has 208 valence electrons. The number of piperidine rings is 1. The number of benzene rings is 1. The lowest BCUT2D eigenvalue weighted by Crippen LogP contribution is -2.43. The third-order valence-electron chi connectivity index (χ3n) is 7.61. The molecule has 1 aromatic heterocycles. The van der Waals surface area contributed by atoms with E-state index in [9.17, 15) is 18.0 Å². The first-order valence-electron chi connectivity index (χ1n) is 13.1. The molecule has 2 heterocycles. The maximum absolute atomic E-state index is 10.7. The highest BCUT2D eigenvalue weighted by Crippen LogP contribution is 2.46.